The molecule has 1 aromatic rings. The third kappa shape index (κ3) is 3.13. The monoisotopic (exact) mass is 253 g/mol. The fourth-order valence-corrected chi connectivity index (χ4v) is 2.31. The number of carbonyl (C=O) groups excluding carboxylic acids is 1. The fraction of sp³-hybridized carbons (Fsp3) is 0.462. The Balaban J connectivity index is 1.90. The lowest BCUT2D eigenvalue weighted by Gasteiger charge is -2.14. The van der Waals surface area contributed by atoms with Crippen molar-refractivity contribution in [2.45, 2.75) is 19.3 Å². The number of benzene rings is 1. The Morgan fingerprint density at radius 1 is 1.47 bits per heavy atom. The van der Waals surface area contributed by atoms with Crippen molar-refractivity contribution in [3.8, 4) is 5.75 Å². The zero-order chi connectivity index (χ0) is 12.3. The molecule has 2 rings (SSSR count). The molecule has 0 bridgehead atoms. The molecular formula is C13H16ClNO2. The Labute approximate surface area is 106 Å². The van der Waals surface area contributed by atoms with Crippen molar-refractivity contribution >= 4 is 17.5 Å². The lowest BCUT2D eigenvalue weighted by atomic mass is 10.0. The summed E-state index contributed by atoms with van der Waals surface area (Å²) >= 11 is 5.73. The molecule has 17 heavy (non-hydrogen) atoms. The summed E-state index contributed by atoms with van der Waals surface area (Å²) in [6, 6.07) is 6.37. The van der Waals surface area contributed by atoms with Gasteiger partial charge in [-0.3, -0.25) is 4.79 Å². The minimum atomic E-state index is -0.137. The maximum absolute atomic E-state index is 11.8. The van der Waals surface area contributed by atoms with Crippen molar-refractivity contribution in [1.82, 2.24) is 5.32 Å². The lowest BCUT2D eigenvalue weighted by Crippen LogP contribution is -2.30. The first kappa shape index (κ1) is 12.2. The molecule has 1 saturated carbocycles. The number of alkyl halides is 1. The van der Waals surface area contributed by atoms with Crippen molar-refractivity contribution in [1.29, 1.82) is 0 Å². The Kier molecular flexibility index (Phi) is 3.57. The van der Waals surface area contributed by atoms with E-state index < -0.39 is 0 Å². The van der Waals surface area contributed by atoms with Gasteiger partial charge < -0.3 is 10.4 Å². The van der Waals surface area contributed by atoms with Gasteiger partial charge in [0, 0.05) is 18.0 Å². The number of carbonyl (C=O) groups is 1. The lowest BCUT2D eigenvalue weighted by molar-refractivity contribution is 0.0944. The van der Waals surface area contributed by atoms with Crippen LogP contribution in [0.1, 0.15) is 29.6 Å². The first-order valence-electron chi connectivity index (χ1n) is 5.78. The van der Waals surface area contributed by atoms with Crippen LogP contribution >= 0.6 is 11.6 Å². The molecule has 0 saturated heterocycles. The summed E-state index contributed by atoms with van der Waals surface area (Å²) in [4.78, 5) is 11.8. The second-order valence-corrected chi connectivity index (χ2v) is 5.05. The van der Waals surface area contributed by atoms with Crippen LogP contribution in [0, 0.1) is 5.41 Å². The zero-order valence-electron chi connectivity index (χ0n) is 9.58. The maximum atomic E-state index is 11.8. The summed E-state index contributed by atoms with van der Waals surface area (Å²) in [7, 11) is 0. The largest absolute Gasteiger partial charge is 0.508 e. The van der Waals surface area contributed by atoms with Gasteiger partial charge in [0.2, 0.25) is 0 Å². The van der Waals surface area contributed by atoms with E-state index >= 15 is 0 Å². The quantitative estimate of drug-likeness (QED) is 0.793. The van der Waals surface area contributed by atoms with Gasteiger partial charge in [-0.2, -0.15) is 0 Å². The maximum Gasteiger partial charge on any atom is 0.251 e. The number of nitrogens with one attached hydrogen (secondary N) is 1. The van der Waals surface area contributed by atoms with Gasteiger partial charge in [0.25, 0.3) is 5.91 Å². The number of halogens is 1. The van der Waals surface area contributed by atoms with E-state index in [0.717, 1.165) is 19.3 Å². The van der Waals surface area contributed by atoms with E-state index in [1.165, 1.54) is 6.07 Å². The Bertz CT molecular complexity index is 416. The molecule has 1 amide bonds. The van der Waals surface area contributed by atoms with E-state index in [1.807, 2.05) is 0 Å². The molecule has 1 aliphatic carbocycles. The first-order chi connectivity index (χ1) is 8.15. The predicted octanol–water partition coefficient (Wildman–Crippen LogP) is 2.53. The van der Waals surface area contributed by atoms with Gasteiger partial charge in [-0.1, -0.05) is 6.07 Å². The van der Waals surface area contributed by atoms with Crippen LogP contribution in [-0.2, 0) is 0 Å². The second kappa shape index (κ2) is 4.96. The normalized spacial score (nSPS) is 16.5. The van der Waals surface area contributed by atoms with Crippen molar-refractivity contribution in [2.24, 2.45) is 5.41 Å². The van der Waals surface area contributed by atoms with Crippen LogP contribution in [0.4, 0.5) is 0 Å². The molecule has 92 valence electrons. The van der Waals surface area contributed by atoms with Crippen molar-refractivity contribution < 1.29 is 9.90 Å². The summed E-state index contributed by atoms with van der Waals surface area (Å²) in [6.07, 6.45) is 3.23. The van der Waals surface area contributed by atoms with Gasteiger partial charge in [0.1, 0.15) is 5.75 Å². The zero-order valence-corrected chi connectivity index (χ0v) is 10.3. The van der Waals surface area contributed by atoms with Crippen molar-refractivity contribution in [2.75, 3.05) is 12.4 Å². The van der Waals surface area contributed by atoms with Gasteiger partial charge in [-0.05, 0) is 42.9 Å². The first-order valence-corrected chi connectivity index (χ1v) is 6.32. The van der Waals surface area contributed by atoms with Crippen LogP contribution in [0.25, 0.3) is 0 Å². The number of aromatic hydroxyl groups is 1. The van der Waals surface area contributed by atoms with Gasteiger partial charge in [-0.25, -0.2) is 0 Å². The van der Waals surface area contributed by atoms with E-state index in [9.17, 15) is 9.90 Å². The highest BCUT2D eigenvalue weighted by Gasteiger charge is 2.41. The predicted molar refractivity (Wildman–Crippen MR) is 67.4 cm³/mol. The number of hydrogen-bond donors (Lipinski definition) is 2. The average Bonchev–Trinajstić information content (AvgIpc) is 3.07. The Morgan fingerprint density at radius 3 is 2.82 bits per heavy atom. The summed E-state index contributed by atoms with van der Waals surface area (Å²) in [5, 5.41) is 12.2. The standard InChI is InChI=1S/C13H16ClNO2/c14-7-6-13(4-5-13)9-15-12(17)10-2-1-3-11(16)8-10/h1-3,8,16H,4-7,9H2,(H,15,17). The van der Waals surface area contributed by atoms with E-state index in [1.54, 1.807) is 18.2 Å². The van der Waals surface area contributed by atoms with Crippen molar-refractivity contribution in [3.63, 3.8) is 0 Å². The molecule has 0 unspecified atom stereocenters. The molecule has 0 aliphatic heterocycles. The molecule has 0 heterocycles. The molecule has 1 fully saturated rings. The smallest absolute Gasteiger partial charge is 0.251 e. The highest BCUT2D eigenvalue weighted by Crippen LogP contribution is 2.48. The number of phenols is 1. The van der Waals surface area contributed by atoms with E-state index in [4.69, 9.17) is 11.6 Å². The highest BCUT2D eigenvalue weighted by molar-refractivity contribution is 6.17. The highest BCUT2D eigenvalue weighted by atomic mass is 35.5. The minimum absolute atomic E-state index is 0.111. The molecule has 1 aromatic carbocycles. The van der Waals surface area contributed by atoms with Crippen LogP contribution in [0.2, 0.25) is 0 Å². The van der Waals surface area contributed by atoms with E-state index in [0.29, 0.717) is 18.0 Å². The molecule has 0 aromatic heterocycles. The number of phenolic OH excluding ortho intramolecular Hbond substituents is 1. The van der Waals surface area contributed by atoms with E-state index in [2.05, 4.69) is 5.32 Å². The molecule has 1 aliphatic rings. The Hall–Kier alpha value is -1.22. The van der Waals surface area contributed by atoms with Crippen LogP contribution in [0.15, 0.2) is 24.3 Å². The third-order valence-electron chi connectivity index (χ3n) is 3.31. The molecule has 0 spiro atoms. The molecule has 2 N–H and O–H groups in total. The minimum Gasteiger partial charge on any atom is -0.508 e. The van der Waals surface area contributed by atoms with E-state index in [-0.39, 0.29) is 17.1 Å². The van der Waals surface area contributed by atoms with Crippen LogP contribution in [0.5, 0.6) is 5.75 Å². The second-order valence-electron chi connectivity index (χ2n) is 4.67. The molecule has 3 nitrogen and oxygen atoms in total. The molecular weight excluding hydrogens is 238 g/mol. The summed E-state index contributed by atoms with van der Waals surface area (Å²) in [5.41, 5.74) is 0.723. The SMILES string of the molecule is O=C(NCC1(CCCl)CC1)c1cccc(O)c1. The van der Waals surface area contributed by atoms with Gasteiger partial charge in [0.05, 0.1) is 0 Å². The summed E-state index contributed by atoms with van der Waals surface area (Å²) in [6.45, 7) is 0.675. The van der Waals surface area contributed by atoms with Gasteiger partial charge in [-0.15, -0.1) is 11.6 Å². The molecule has 0 radical (unpaired) electrons. The van der Waals surface area contributed by atoms with Crippen LogP contribution < -0.4 is 5.32 Å². The summed E-state index contributed by atoms with van der Waals surface area (Å²) in [5.74, 6) is 0.614. The molecule has 0 atom stereocenters. The van der Waals surface area contributed by atoms with Crippen LogP contribution in [0.3, 0.4) is 0 Å². The third-order valence-corrected chi connectivity index (χ3v) is 3.50. The average molecular weight is 254 g/mol. The van der Waals surface area contributed by atoms with Crippen LogP contribution in [-0.4, -0.2) is 23.4 Å². The van der Waals surface area contributed by atoms with Gasteiger partial charge >= 0.3 is 0 Å². The number of hydrogen-bond acceptors (Lipinski definition) is 2. The number of rotatable bonds is 5. The summed E-state index contributed by atoms with van der Waals surface area (Å²) < 4.78 is 0. The fourth-order valence-electron chi connectivity index (χ4n) is 1.91. The van der Waals surface area contributed by atoms with Crippen molar-refractivity contribution in [3.05, 3.63) is 29.8 Å². The molecule has 4 heteroatoms. The topological polar surface area (TPSA) is 49.3 Å². The number of amides is 1. The van der Waals surface area contributed by atoms with Gasteiger partial charge in [0.15, 0.2) is 0 Å². The Morgan fingerprint density at radius 2 is 2.24 bits per heavy atom.